The predicted octanol–water partition coefficient (Wildman–Crippen LogP) is 5.35. The van der Waals surface area contributed by atoms with Gasteiger partial charge in [-0.1, -0.05) is 60.7 Å². The number of hydrogen-bond acceptors (Lipinski definition) is 7. The third kappa shape index (κ3) is 7.11. The van der Waals surface area contributed by atoms with Crippen molar-refractivity contribution in [3.63, 3.8) is 0 Å². The van der Waals surface area contributed by atoms with Crippen molar-refractivity contribution in [3.05, 3.63) is 119 Å². The third-order valence-corrected chi connectivity index (χ3v) is 5.74. The van der Waals surface area contributed by atoms with Crippen molar-refractivity contribution >= 4 is 35.2 Å². The molecule has 0 fully saturated rings. The van der Waals surface area contributed by atoms with Gasteiger partial charge in [-0.15, -0.1) is 0 Å². The summed E-state index contributed by atoms with van der Waals surface area (Å²) in [6, 6.07) is 25.4. The van der Waals surface area contributed by atoms with Crippen LogP contribution in [0.2, 0.25) is 0 Å². The zero-order valence-electron chi connectivity index (χ0n) is 20.9. The molecule has 0 saturated heterocycles. The number of nitrogens with two attached hydrogens (primary N) is 2. The number of carboxylic acids is 1. The Bertz CT molecular complexity index is 1510. The van der Waals surface area contributed by atoms with E-state index in [4.69, 9.17) is 20.9 Å². The van der Waals surface area contributed by atoms with E-state index in [1.165, 1.54) is 24.3 Å². The molecule has 0 bridgehead atoms. The maximum absolute atomic E-state index is 12.4. The molecule has 4 rings (SSSR count). The maximum atomic E-state index is 12.4. The van der Waals surface area contributed by atoms with E-state index in [1.807, 2.05) is 6.07 Å². The number of anilines is 2. The van der Waals surface area contributed by atoms with Crippen molar-refractivity contribution in [1.29, 1.82) is 0 Å². The van der Waals surface area contributed by atoms with Crippen LogP contribution in [0.15, 0.2) is 97.1 Å². The number of ketones is 1. The lowest BCUT2D eigenvalue weighted by atomic mass is 9.98. The molecule has 5 N–H and O–H groups in total. The van der Waals surface area contributed by atoms with E-state index in [1.54, 1.807) is 72.8 Å². The van der Waals surface area contributed by atoms with Gasteiger partial charge in [0.25, 0.3) is 0 Å². The zero-order valence-corrected chi connectivity index (χ0v) is 20.9. The van der Waals surface area contributed by atoms with E-state index in [2.05, 4.69) is 0 Å². The lowest BCUT2D eigenvalue weighted by Crippen LogP contribution is -2.13. The van der Waals surface area contributed by atoms with Crippen LogP contribution in [0, 0.1) is 0 Å². The number of aromatic carboxylic acids is 1. The summed E-state index contributed by atoms with van der Waals surface area (Å²) < 4.78 is 10.8. The first-order valence-corrected chi connectivity index (χ1v) is 12.0. The molecule has 4 aromatic rings. The van der Waals surface area contributed by atoms with Gasteiger partial charge in [0, 0.05) is 16.9 Å². The minimum Gasteiger partial charge on any atom is -0.490 e. The number of allylic oxidation sites excluding steroid dienone is 1. The van der Waals surface area contributed by atoms with Gasteiger partial charge in [0.05, 0.1) is 11.1 Å². The first-order valence-electron chi connectivity index (χ1n) is 12.0. The van der Waals surface area contributed by atoms with Crippen LogP contribution in [0.25, 0.3) is 17.2 Å². The Labute approximate surface area is 225 Å². The normalized spacial score (nSPS) is 10.8. The molecule has 196 valence electrons. The Balaban J connectivity index is 1.36. The minimum absolute atomic E-state index is 0.0268. The number of benzene rings is 4. The fraction of sp³-hybridized carbons (Fsp3) is 0.0645. The van der Waals surface area contributed by atoms with Crippen molar-refractivity contribution < 1.29 is 29.0 Å². The molecule has 0 heterocycles. The maximum Gasteiger partial charge on any atom is 0.338 e. The smallest absolute Gasteiger partial charge is 0.338 e. The van der Waals surface area contributed by atoms with Gasteiger partial charge >= 0.3 is 11.9 Å². The molecule has 0 aromatic heterocycles. The third-order valence-electron chi connectivity index (χ3n) is 5.74. The van der Waals surface area contributed by atoms with Crippen molar-refractivity contribution in [1.82, 2.24) is 0 Å². The van der Waals surface area contributed by atoms with Gasteiger partial charge in [0.2, 0.25) is 0 Å². The average Bonchev–Trinajstić information content (AvgIpc) is 2.94. The van der Waals surface area contributed by atoms with Crippen LogP contribution in [0.3, 0.4) is 0 Å². The number of rotatable bonds is 10. The van der Waals surface area contributed by atoms with Crippen molar-refractivity contribution in [2.24, 2.45) is 0 Å². The first-order chi connectivity index (χ1) is 18.8. The second-order valence-corrected chi connectivity index (χ2v) is 8.57. The number of carbonyl (C=O) groups excluding carboxylic acids is 2. The molecule has 0 spiro atoms. The molecule has 8 heteroatoms. The Hall–Kier alpha value is -5.37. The lowest BCUT2D eigenvalue weighted by Gasteiger charge is -2.10. The second-order valence-electron chi connectivity index (χ2n) is 8.57. The van der Waals surface area contributed by atoms with Crippen LogP contribution >= 0.6 is 0 Å². The summed E-state index contributed by atoms with van der Waals surface area (Å²) in [4.78, 5) is 36.4. The molecule has 0 atom stereocenters. The highest BCUT2D eigenvalue weighted by Crippen LogP contribution is 2.26. The van der Waals surface area contributed by atoms with E-state index in [0.29, 0.717) is 33.8 Å². The molecule has 4 aromatic carbocycles. The van der Waals surface area contributed by atoms with Gasteiger partial charge in [-0.3, -0.25) is 4.79 Å². The highest BCUT2D eigenvalue weighted by Gasteiger charge is 2.12. The quantitative estimate of drug-likeness (QED) is 0.0832. The van der Waals surface area contributed by atoms with E-state index >= 15 is 0 Å². The van der Waals surface area contributed by atoms with Crippen LogP contribution in [0.5, 0.6) is 5.75 Å². The Morgan fingerprint density at radius 1 is 0.744 bits per heavy atom. The van der Waals surface area contributed by atoms with Crippen LogP contribution in [0.4, 0.5) is 11.4 Å². The number of ether oxygens (including phenoxy) is 2. The molecule has 0 radical (unpaired) electrons. The van der Waals surface area contributed by atoms with E-state index in [0.717, 1.165) is 5.56 Å². The van der Waals surface area contributed by atoms with Gasteiger partial charge < -0.3 is 26.0 Å². The Morgan fingerprint density at radius 2 is 1.41 bits per heavy atom. The minimum atomic E-state index is -1.10. The van der Waals surface area contributed by atoms with Crippen LogP contribution in [0.1, 0.15) is 36.6 Å². The molecule has 0 aliphatic rings. The average molecular weight is 523 g/mol. The molecule has 0 amide bonds. The first kappa shape index (κ1) is 26.7. The highest BCUT2D eigenvalue weighted by atomic mass is 16.6. The lowest BCUT2D eigenvalue weighted by molar-refractivity contribution is 0.0450. The summed E-state index contributed by atoms with van der Waals surface area (Å²) >= 11 is 0. The van der Waals surface area contributed by atoms with E-state index in [9.17, 15) is 19.5 Å². The van der Waals surface area contributed by atoms with Gasteiger partial charge in [0.15, 0.2) is 5.78 Å². The summed E-state index contributed by atoms with van der Waals surface area (Å²) in [5.74, 6) is -1.31. The second kappa shape index (κ2) is 12.2. The van der Waals surface area contributed by atoms with Crippen LogP contribution < -0.4 is 16.2 Å². The molecule has 0 saturated carbocycles. The highest BCUT2D eigenvalue weighted by molar-refractivity contribution is 6.07. The molecular weight excluding hydrogens is 496 g/mol. The summed E-state index contributed by atoms with van der Waals surface area (Å²) in [6.07, 6.45) is 2.87. The topological polar surface area (TPSA) is 142 Å². The largest absolute Gasteiger partial charge is 0.490 e. The SMILES string of the molecule is Nc1cc(N)cc(C(=O)OCCOc2ccc(-c3ccc(C=CC(=O)c4ccccc4)c(C(=O)O)c3)cc2)c1. The summed E-state index contributed by atoms with van der Waals surface area (Å²) in [7, 11) is 0. The fourth-order valence-corrected chi connectivity index (χ4v) is 3.85. The summed E-state index contributed by atoms with van der Waals surface area (Å²) in [6.45, 7) is 0.161. The molecule has 8 nitrogen and oxygen atoms in total. The number of carbonyl (C=O) groups is 3. The number of carboxylic acid groups (broad SMARTS) is 1. The van der Waals surface area contributed by atoms with Gasteiger partial charge in [-0.2, -0.15) is 0 Å². The number of nitrogen functional groups attached to an aromatic ring is 2. The van der Waals surface area contributed by atoms with Crippen molar-refractivity contribution in [3.8, 4) is 16.9 Å². The zero-order chi connectivity index (χ0) is 27.8. The van der Waals surface area contributed by atoms with Gasteiger partial charge in [0.1, 0.15) is 19.0 Å². The monoisotopic (exact) mass is 522 g/mol. The molecule has 0 aliphatic heterocycles. The molecule has 39 heavy (non-hydrogen) atoms. The summed E-state index contributed by atoms with van der Waals surface area (Å²) in [5, 5.41) is 9.74. The fourth-order valence-electron chi connectivity index (χ4n) is 3.85. The molecule has 0 aliphatic carbocycles. The van der Waals surface area contributed by atoms with Crippen molar-refractivity contribution in [2.75, 3.05) is 24.7 Å². The standard InChI is InChI=1S/C31H26N2O6/c32-25-16-24(17-26(33)19-25)31(37)39-15-14-38-27-11-8-20(9-12-27)23-7-6-21(28(18-23)30(35)36)10-13-29(34)22-4-2-1-3-5-22/h1-13,16-19H,14-15,32-33H2,(H,35,36). The number of hydrogen-bond donors (Lipinski definition) is 3. The van der Waals surface area contributed by atoms with Gasteiger partial charge in [-0.25, -0.2) is 9.59 Å². The predicted molar refractivity (Wildman–Crippen MR) is 150 cm³/mol. The van der Waals surface area contributed by atoms with Gasteiger partial charge in [-0.05, 0) is 59.2 Å². The Morgan fingerprint density at radius 3 is 2.08 bits per heavy atom. The van der Waals surface area contributed by atoms with Crippen molar-refractivity contribution in [2.45, 2.75) is 0 Å². The van der Waals surface area contributed by atoms with Crippen LogP contribution in [-0.4, -0.2) is 36.0 Å². The summed E-state index contributed by atoms with van der Waals surface area (Å²) in [5.41, 5.74) is 14.9. The van der Waals surface area contributed by atoms with E-state index in [-0.39, 0.29) is 30.1 Å². The van der Waals surface area contributed by atoms with Crippen LogP contribution in [-0.2, 0) is 4.74 Å². The number of esters is 1. The molecular formula is C31H26N2O6. The molecule has 0 unspecified atom stereocenters. The van der Waals surface area contributed by atoms with E-state index < -0.39 is 11.9 Å². The Kier molecular flexibility index (Phi) is 8.38.